The Hall–Kier alpha value is -2.08. The van der Waals surface area contributed by atoms with Crippen molar-refractivity contribution < 1.29 is 14.3 Å². The second-order valence-corrected chi connectivity index (χ2v) is 4.62. The summed E-state index contributed by atoms with van der Waals surface area (Å²) in [6.07, 6.45) is 0.748. The quantitative estimate of drug-likeness (QED) is 0.821. The van der Waals surface area contributed by atoms with Crippen LogP contribution >= 0.6 is 0 Å². The Morgan fingerprint density at radius 1 is 1.45 bits per heavy atom. The van der Waals surface area contributed by atoms with Gasteiger partial charge in [-0.25, -0.2) is 4.79 Å². The summed E-state index contributed by atoms with van der Waals surface area (Å²) in [6.45, 7) is 2.18. The number of benzene rings is 1. The fourth-order valence-corrected chi connectivity index (χ4v) is 1.95. The monoisotopic (exact) mass is 278 g/mol. The Bertz CT molecular complexity index is 644. The first-order chi connectivity index (χ1) is 9.61. The maximum atomic E-state index is 11.8. The second-order valence-electron chi connectivity index (χ2n) is 4.62. The molecule has 108 valence electrons. The van der Waals surface area contributed by atoms with Gasteiger partial charge in [0.25, 0.3) is 0 Å². The van der Waals surface area contributed by atoms with Gasteiger partial charge in [0.2, 0.25) is 5.91 Å². The molecule has 0 bridgehead atoms. The lowest BCUT2D eigenvalue weighted by atomic mass is 10.2. The molecule has 1 unspecified atom stereocenters. The van der Waals surface area contributed by atoms with Crippen molar-refractivity contribution in [2.45, 2.75) is 32.4 Å². The van der Waals surface area contributed by atoms with E-state index in [1.807, 2.05) is 6.92 Å². The van der Waals surface area contributed by atoms with Crippen molar-refractivity contribution in [3.63, 3.8) is 0 Å². The van der Waals surface area contributed by atoms with Gasteiger partial charge in [0.05, 0.1) is 11.6 Å². The van der Waals surface area contributed by atoms with E-state index < -0.39 is 11.9 Å². The van der Waals surface area contributed by atoms with Crippen molar-refractivity contribution in [2.24, 2.45) is 0 Å². The van der Waals surface area contributed by atoms with Gasteiger partial charge in [0.1, 0.15) is 6.54 Å². The molecule has 0 saturated heterocycles. The van der Waals surface area contributed by atoms with Gasteiger partial charge in [0, 0.05) is 6.54 Å². The van der Waals surface area contributed by atoms with Gasteiger partial charge in [-0.2, -0.15) is 0 Å². The molecule has 1 aromatic carbocycles. The molecule has 0 aliphatic carbocycles. The number of aromatic nitrogens is 1. The lowest BCUT2D eigenvalue weighted by Gasteiger charge is -2.09. The van der Waals surface area contributed by atoms with Crippen LogP contribution in [0.15, 0.2) is 33.5 Å². The Balaban J connectivity index is 2.00. The molecule has 2 rings (SSSR count). The molecule has 1 atom stereocenters. The number of aliphatic hydroxyl groups excluding tert-OH is 1. The average molecular weight is 278 g/mol. The van der Waals surface area contributed by atoms with Crippen LogP contribution in [-0.4, -0.2) is 28.2 Å². The highest BCUT2D eigenvalue weighted by atomic mass is 16.4. The Labute approximate surface area is 116 Å². The number of rotatable bonds is 6. The van der Waals surface area contributed by atoms with Crippen molar-refractivity contribution in [2.75, 3.05) is 6.54 Å². The summed E-state index contributed by atoms with van der Waals surface area (Å²) >= 11 is 0. The summed E-state index contributed by atoms with van der Waals surface area (Å²) < 4.78 is 6.34. The Morgan fingerprint density at radius 3 is 2.95 bits per heavy atom. The molecule has 1 heterocycles. The number of aliphatic hydroxyl groups is 1. The van der Waals surface area contributed by atoms with E-state index in [-0.39, 0.29) is 12.5 Å². The van der Waals surface area contributed by atoms with Crippen LogP contribution < -0.4 is 11.1 Å². The van der Waals surface area contributed by atoms with Crippen LogP contribution in [0.4, 0.5) is 0 Å². The minimum absolute atomic E-state index is 0.0853. The number of hydrogen-bond acceptors (Lipinski definition) is 4. The van der Waals surface area contributed by atoms with Crippen LogP contribution in [0.5, 0.6) is 0 Å². The predicted molar refractivity (Wildman–Crippen MR) is 74.4 cm³/mol. The molecule has 2 aromatic rings. The van der Waals surface area contributed by atoms with Gasteiger partial charge in [-0.3, -0.25) is 9.36 Å². The Kier molecular flexibility index (Phi) is 4.57. The number of carbonyl (C=O) groups is 1. The van der Waals surface area contributed by atoms with Gasteiger partial charge in [-0.05, 0) is 25.0 Å². The normalized spacial score (nSPS) is 12.5. The number of fused-ring (bicyclic) bond motifs is 1. The zero-order valence-corrected chi connectivity index (χ0v) is 11.3. The minimum Gasteiger partial charge on any atom is -0.408 e. The summed E-state index contributed by atoms with van der Waals surface area (Å²) in [6, 6.07) is 6.96. The first kappa shape index (κ1) is 14.3. The van der Waals surface area contributed by atoms with Crippen LogP contribution in [0.1, 0.15) is 19.8 Å². The second kappa shape index (κ2) is 6.38. The molecule has 0 fully saturated rings. The third-order valence-corrected chi connectivity index (χ3v) is 3.15. The van der Waals surface area contributed by atoms with E-state index in [0.717, 1.165) is 0 Å². The molecule has 2 N–H and O–H groups in total. The number of amides is 1. The summed E-state index contributed by atoms with van der Waals surface area (Å²) in [5.74, 6) is -0.822. The van der Waals surface area contributed by atoms with Crippen LogP contribution in [0.3, 0.4) is 0 Å². The van der Waals surface area contributed by atoms with Crippen LogP contribution in [0.2, 0.25) is 0 Å². The van der Waals surface area contributed by atoms with Crippen molar-refractivity contribution in [1.29, 1.82) is 0 Å². The zero-order valence-electron chi connectivity index (χ0n) is 11.3. The molecule has 0 aliphatic rings. The van der Waals surface area contributed by atoms with Gasteiger partial charge in [-0.15, -0.1) is 0 Å². The van der Waals surface area contributed by atoms with Crippen LogP contribution in [0, 0.1) is 0 Å². The summed E-state index contributed by atoms with van der Waals surface area (Å²) in [5, 5.41) is 12.1. The molecule has 0 spiro atoms. The average Bonchev–Trinajstić information content (AvgIpc) is 2.75. The van der Waals surface area contributed by atoms with Gasteiger partial charge in [0.15, 0.2) is 5.58 Å². The predicted octanol–water partition coefficient (Wildman–Crippen LogP) is 0.872. The van der Waals surface area contributed by atoms with E-state index in [0.29, 0.717) is 30.5 Å². The lowest BCUT2D eigenvalue weighted by Crippen LogP contribution is -2.32. The highest BCUT2D eigenvalue weighted by Crippen LogP contribution is 2.11. The van der Waals surface area contributed by atoms with E-state index in [9.17, 15) is 14.7 Å². The fraction of sp³-hybridized carbons (Fsp3) is 0.429. The first-order valence-electron chi connectivity index (χ1n) is 6.65. The maximum absolute atomic E-state index is 11.8. The SMILES string of the molecule is CCC(O)CCNC(=O)Cn1c(=O)oc2ccccc21. The summed E-state index contributed by atoms with van der Waals surface area (Å²) in [4.78, 5) is 23.5. The van der Waals surface area contributed by atoms with Gasteiger partial charge in [-0.1, -0.05) is 19.1 Å². The molecule has 1 amide bonds. The first-order valence-corrected chi connectivity index (χ1v) is 6.65. The molecule has 20 heavy (non-hydrogen) atoms. The number of hydrogen-bond donors (Lipinski definition) is 2. The Morgan fingerprint density at radius 2 is 2.20 bits per heavy atom. The summed E-state index contributed by atoms with van der Waals surface area (Å²) in [7, 11) is 0. The van der Waals surface area contributed by atoms with Crippen molar-refractivity contribution >= 4 is 17.0 Å². The third-order valence-electron chi connectivity index (χ3n) is 3.15. The molecular formula is C14H18N2O4. The highest BCUT2D eigenvalue weighted by molar-refractivity contribution is 5.79. The molecule has 0 aliphatic heterocycles. The molecule has 0 radical (unpaired) electrons. The number of nitrogens with one attached hydrogen (secondary N) is 1. The van der Waals surface area contributed by atoms with Gasteiger partial charge >= 0.3 is 5.76 Å². The molecular weight excluding hydrogens is 260 g/mol. The smallest absolute Gasteiger partial charge is 0.408 e. The van der Waals surface area contributed by atoms with E-state index in [4.69, 9.17) is 4.42 Å². The maximum Gasteiger partial charge on any atom is 0.420 e. The summed E-state index contributed by atoms with van der Waals surface area (Å²) in [5.41, 5.74) is 1.06. The van der Waals surface area contributed by atoms with E-state index in [1.54, 1.807) is 24.3 Å². The van der Waals surface area contributed by atoms with Crippen molar-refractivity contribution in [1.82, 2.24) is 9.88 Å². The molecule has 6 heteroatoms. The number of oxazole rings is 1. The van der Waals surface area contributed by atoms with E-state index in [2.05, 4.69) is 5.32 Å². The van der Waals surface area contributed by atoms with Crippen molar-refractivity contribution in [3.8, 4) is 0 Å². The number of carbonyl (C=O) groups excluding carboxylic acids is 1. The molecule has 1 aromatic heterocycles. The number of nitrogens with zero attached hydrogens (tertiary/aromatic N) is 1. The van der Waals surface area contributed by atoms with E-state index >= 15 is 0 Å². The fourth-order valence-electron chi connectivity index (χ4n) is 1.95. The topological polar surface area (TPSA) is 84.5 Å². The highest BCUT2D eigenvalue weighted by Gasteiger charge is 2.12. The van der Waals surface area contributed by atoms with E-state index in [1.165, 1.54) is 4.57 Å². The van der Waals surface area contributed by atoms with Gasteiger partial charge < -0.3 is 14.8 Å². The largest absolute Gasteiger partial charge is 0.420 e. The zero-order chi connectivity index (χ0) is 14.5. The standard InChI is InChI=1S/C14H18N2O4/c1-2-10(17)7-8-15-13(18)9-16-11-5-3-4-6-12(11)20-14(16)19/h3-6,10,17H,2,7-9H2,1H3,(H,15,18). The lowest BCUT2D eigenvalue weighted by molar-refractivity contribution is -0.121. The third kappa shape index (κ3) is 3.27. The minimum atomic E-state index is -0.546. The molecule has 6 nitrogen and oxygen atoms in total. The van der Waals surface area contributed by atoms with Crippen LogP contribution in [0.25, 0.3) is 11.1 Å². The van der Waals surface area contributed by atoms with Crippen molar-refractivity contribution in [3.05, 3.63) is 34.8 Å². The number of para-hydroxylation sites is 2. The molecule has 0 saturated carbocycles. The van der Waals surface area contributed by atoms with Crippen LogP contribution in [-0.2, 0) is 11.3 Å².